The fourth-order valence-electron chi connectivity index (χ4n) is 2.65. The van der Waals surface area contributed by atoms with Gasteiger partial charge in [-0.05, 0) is 39.3 Å². The van der Waals surface area contributed by atoms with E-state index in [1.807, 2.05) is 4.68 Å². The molecule has 18 heavy (non-hydrogen) atoms. The molecule has 1 aromatic heterocycles. The van der Waals surface area contributed by atoms with Gasteiger partial charge in [-0.3, -0.25) is 4.90 Å². The van der Waals surface area contributed by atoms with Crippen LogP contribution in [0.15, 0.2) is 6.33 Å². The SMILES string of the molecule is CCCN(Cc1ncnn1CC)CC1CCCN1. The summed E-state index contributed by atoms with van der Waals surface area (Å²) in [5.41, 5.74) is 0. The Balaban J connectivity index is 1.92. The van der Waals surface area contributed by atoms with Crippen molar-refractivity contribution in [2.24, 2.45) is 0 Å². The second-order valence-corrected chi connectivity index (χ2v) is 5.02. The van der Waals surface area contributed by atoms with Crippen LogP contribution in [0.25, 0.3) is 0 Å². The number of rotatable bonds is 7. The molecule has 1 atom stereocenters. The number of aryl methyl sites for hydroxylation is 1. The van der Waals surface area contributed by atoms with Gasteiger partial charge in [-0.1, -0.05) is 6.92 Å². The molecule has 1 aliphatic heterocycles. The summed E-state index contributed by atoms with van der Waals surface area (Å²) in [6.07, 6.45) is 5.47. The quantitative estimate of drug-likeness (QED) is 0.792. The molecule has 5 nitrogen and oxygen atoms in total. The van der Waals surface area contributed by atoms with Crippen LogP contribution in [-0.2, 0) is 13.1 Å². The molecule has 102 valence electrons. The Morgan fingerprint density at radius 1 is 1.50 bits per heavy atom. The van der Waals surface area contributed by atoms with Gasteiger partial charge in [0, 0.05) is 19.1 Å². The first-order valence-corrected chi connectivity index (χ1v) is 7.16. The van der Waals surface area contributed by atoms with Crippen LogP contribution in [0.1, 0.15) is 38.9 Å². The lowest BCUT2D eigenvalue weighted by molar-refractivity contribution is 0.232. The molecule has 5 heteroatoms. The lowest BCUT2D eigenvalue weighted by atomic mass is 10.2. The second-order valence-electron chi connectivity index (χ2n) is 5.02. The molecule has 0 saturated carbocycles. The highest BCUT2D eigenvalue weighted by Gasteiger charge is 2.18. The average Bonchev–Trinajstić information content (AvgIpc) is 3.00. The van der Waals surface area contributed by atoms with Crippen LogP contribution in [0.5, 0.6) is 0 Å². The van der Waals surface area contributed by atoms with Gasteiger partial charge in [0.25, 0.3) is 0 Å². The molecular weight excluding hydrogens is 226 g/mol. The number of aromatic nitrogens is 3. The van der Waals surface area contributed by atoms with Crippen molar-refractivity contribution in [3.8, 4) is 0 Å². The van der Waals surface area contributed by atoms with Gasteiger partial charge in [0.1, 0.15) is 12.2 Å². The Bertz CT molecular complexity index is 343. The van der Waals surface area contributed by atoms with E-state index in [1.165, 1.54) is 25.8 Å². The third-order valence-electron chi connectivity index (χ3n) is 3.54. The van der Waals surface area contributed by atoms with Crippen LogP contribution in [-0.4, -0.2) is 45.3 Å². The van der Waals surface area contributed by atoms with Crippen molar-refractivity contribution in [2.75, 3.05) is 19.6 Å². The summed E-state index contributed by atoms with van der Waals surface area (Å²) >= 11 is 0. The van der Waals surface area contributed by atoms with Gasteiger partial charge >= 0.3 is 0 Å². The number of hydrogen-bond donors (Lipinski definition) is 1. The Labute approximate surface area is 110 Å². The third kappa shape index (κ3) is 3.53. The largest absolute Gasteiger partial charge is 0.313 e. The van der Waals surface area contributed by atoms with Crippen molar-refractivity contribution >= 4 is 0 Å². The summed E-state index contributed by atoms with van der Waals surface area (Å²) in [6.45, 7) is 9.60. The van der Waals surface area contributed by atoms with Crippen molar-refractivity contribution in [1.82, 2.24) is 25.0 Å². The lowest BCUT2D eigenvalue weighted by Crippen LogP contribution is -2.38. The van der Waals surface area contributed by atoms with Crippen LogP contribution in [0.4, 0.5) is 0 Å². The van der Waals surface area contributed by atoms with Crippen LogP contribution in [0.2, 0.25) is 0 Å². The predicted molar refractivity (Wildman–Crippen MR) is 72.3 cm³/mol. The summed E-state index contributed by atoms with van der Waals surface area (Å²) in [5.74, 6) is 1.09. The molecule has 1 unspecified atom stereocenters. The fraction of sp³-hybridized carbons (Fsp3) is 0.846. The van der Waals surface area contributed by atoms with E-state index < -0.39 is 0 Å². The summed E-state index contributed by atoms with van der Waals surface area (Å²) in [7, 11) is 0. The molecular formula is C13H25N5. The maximum atomic E-state index is 4.37. The molecule has 1 aromatic rings. The van der Waals surface area contributed by atoms with Gasteiger partial charge in [0.2, 0.25) is 0 Å². The molecule has 0 radical (unpaired) electrons. The summed E-state index contributed by atoms with van der Waals surface area (Å²) < 4.78 is 1.99. The summed E-state index contributed by atoms with van der Waals surface area (Å²) in [4.78, 5) is 6.87. The Morgan fingerprint density at radius 2 is 2.39 bits per heavy atom. The van der Waals surface area contributed by atoms with Crippen LogP contribution >= 0.6 is 0 Å². The number of hydrogen-bond acceptors (Lipinski definition) is 4. The summed E-state index contributed by atoms with van der Waals surface area (Å²) in [5, 5.41) is 7.81. The van der Waals surface area contributed by atoms with Crippen LogP contribution in [0, 0.1) is 0 Å². The van der Waals surface area contributed by atoms with Crippen molar-refractivity contribution in [3.05, 3.63) is 12.2 Å². The normalized spacial score (nSPS) is 19.8. The van der Waals surface area contributed by atoms with E-state index in [9.17, 15) is 0 Å². The smallest absolute Gasteiger partial charge is 0.140 e. The molecule has 1 aliphatic rings. The highest BCUT2D eigenvalue weighted by Crippen LogP contribution is 2.10. The van der Waals surface area contributed by atoms with Crippen molar-refractivity contribution in [3.63, 3.8) is 0 Å². The molecule has 0 aliphatic carbocycles. The van der Waals surface area contributed by atoms with E-state index in [4.69, 9.17) is 0 Å². The molecule has 0 bridgehead atoms. The minimum absolute atomic E-state index is 0.662. The molecule has 2 rings (SSSR count). The predicted octanol–water partition coefficient (Wildman–Crippen LogP) is 1.26. The average molecular weight is 251 g/mol. The van der Waals surface area contributed by atoms with Crippen molar-refractivity contribution < 1.29 is 0 Å². The minimum Gasteiger partial charge on any atom is -0.313 e. The first kappa shape index (κ1) is 13.5. The van der Waals surface area contributed by atoms with Gasteiger partial charge in [-0.15, -0.1) is 0 Å². The van der Waals surface area contributed by atoms with Crippen LogP contribution < -0.4 is 5.32 Å². The Kier molecular flexibility index (Phi) is 5.13. The Hall–Kier alpha value is -0.940. The van der Waals surface area contributed by atoms with Gasteiger partial charge < -0.3 is 5.32 Å². The molecule has 1 fully saturated rings. The zero-order valence-electron chi connectivity index (χ0n) is 11.6. The number of nitrogens with zero attached hydrogens (tertiary/aromatic N) is 4. The monoisotopic (exact) mass is 251 g/mol. The van der Waals surface area contributed by atoms with Gasteiger partial charge in [-0.2, -0.15) is 5.10 Å². The molecule has 1 saturated heterocycles. The van der Waals surface area contributed by atoms with E-state index in [2.05, 4.69) is 34.1 Å². The fourth-order valence-corrected chi connectivity index (χ4v) is 2.65. The zero-order valence-corrected chi connectivity index (χ0v) is 11.6. The molecule has 0 amide bonds. The highest BCUT2D eigenvalue weighted by molar-refractivity contribution is 4.86. The van der Waals surface area contributed by atoms with E-state index >= 15 is 0 Å². The topological polar surface area (TPSA) is 46.0 Å². The van der Waals surface area contributed by atoms with E-state index in [0.717, 1.165) is 32.0 Å². The third-order valence-corrected chi connectivity index (χ3v) is 3.54. The highest BCUT2D eigenvalue weighted by atomic mass is 15.3. The van der Waals surface area contributed by atoms with Gasteiger partial charge in [-0.25, -0.2) is 9.67 Å². The first-order valence-electron chi connectivity index (χ1n) is 7.16. The molecule has 1 N–H and O–H groups in total. The molecule has 2 heterocycles. The van der Waals surface area contributed by atoms with Gasteiger partial charge in [0.05, 0.1) is 6.54 Å². The molecule has 0 aromatic carbocycles. The van der Waals surface area contributed by atoms with Crippen molar-refractivity contribution in [1.29, 1.82) is 0 Å². The second kappa shape index (κ2) is 6.85. The van der Waals surface area contributed by atoms with Crippen molar-refractivity contribution in [2.45, 2.75) is 52.2 Å². The minimum atomic E-state index is 0.662. The standard InChI is InChI=1S/C13H25N5/c1-3-8-17(9-12-6-5-7-14-12)10-13-15-11-16-18(13)4-2/h11-12,14H,3-10H2,1-2H3. The maximum absolute atomic E-state index is 4.37. The van der Waals surface area contributed by atoms with E-state index in [1.54, 1.807) is 6.33 Å². The van der Waals surface area contributed by atoms with Crippen LogP contribution in [0.3, 0.4) is 0 Å². The molecule has 0 spiro atoms. The maximum Gasteiger partial charge on any atom is 0.140 e. The van der Waals surface area contributed by atoms with E-state index in [0.29, 0.717) is 6.04 Å². The number of nitrogens with one attached hydrogen (secondary N) is 1. The summed E-state index contributed by atoms with van der Waals surface area (Å²) in [6, 6.07) is 0.662. The van der Waals surface area contributed by atoms with E-state index in [-0.39, 0.29) is 0 Å². The zero-order chi connectivity index (χ0) is 12.8. The lowest BCUT2D eigenvalue weighted by Gasteiger charge is -2.24. The van der Waals surface area contributed by atoms with Gasteiger partial charge in [0.15, 0.2) is 0 Å². The Morgan fingerprint density at radius 3 is 3.06 bits per heavy atom. The first-order chi connectivity index (χ1) is 8.83.